The molecular formula is C30H29F4NO2. The van der Waals surface area contributed by atoms with Crippen LogP contribution in [-0.4, -0.2) is 24.7 Å². The molecule has 0 aromatic heterocycles. The van der Waals surface area contributed by atoms with Crippen LogP contribution >= 0.6 is 0 Å². The van der Waals surface area contributed by atoms with E-state index in [9.17, 15) is 13.2 Å². The third-order valence-corrected chi connectivity index (χ3v) is 6.36. The lowest BCUT2D eigenvalue weighted by atomic mass is 9.72. The molecule has 0 saturated heterocycles. The molecule has 3 nitrogen and oxygen atoms in total. The second-order valence-electron chi connectivity index (χ2n) is 8.52. The summed E-state index contributed by atoms with van der Waals surface area (Å²) in [7, 11) is 0. The summed E-state index contributed by atoms with van der Waals surface area (Å²) in [6.07, 6.45) is 1.63. The van der Waals surface area contributed by atoms with Crippen LogP contribution in [0.4, 0.5) is 17.6 Å². The largest absolute Gasteiger partial charge is 0.416 e. The number of alkyl halides is 3. The Morgan fingerprint density at radius 3 is 2.05 bits per heavy atom. The van der Waals surface area contributed by atoms with E-state index in [-0.39, 0.29) is 5.56 Å². The van der Waals surface area contributed by atoms with E-state index in [0.717, 1.165) is 6.07 Å². The van der Waals surface area contributed by atoms with Crippen molar-refractivity contribution < 1.29 is 27.0 Å². The summed E-state index contributed by atoms with van der Waals surface area (Å²) in [5, 5.41) is 0. The van der Waals surface area contributed by atoms with Gasteiger partial charge in [0.2, 0.25) is 0 Å². The van der Waals surface area contributed by atoms with E-state index in [2.05, 4.69) is 0 Å². The van der Waals surface area contributed by atoms with Gasteiger partial charge in [0.1, 0.15) is 11.4 Å². The molecule has 0 spiro atoms. The van der Waals surface area contributed by atoms with Crippen LogP contribution in [0.15, 0.2) is 97.2 Å². The minimum absolute atomic E-state index is 0.0211. The van der Waals surface area contributed by atoms with E-state index in [1.807, 2.05) is 12.2 Å². The molecule has 1 atom stereocenters. The fourth-order valence-electron chi connectivity index (χ4n) is 4.95. The molecule has 1 aliphatic heterocycles. The first kappa shape index (κ1) is 26.6. The van der Waals surface area contributed by atoms with Crippen molar-refractivity contribution in [2.75, 3.05) is 19.8 Å². The summed E-state index contributed by atoms with van der Waals surface area (Å²) in [5.41, 5.74) is -1.09. The summed E-state index contributed by atoms with van der Waals surface area (Å²) < 4.78 is 70.6. The zero-order valence-electron chi connectivity index (χ0n) is 20.7. The highest BCUT2D eigenvalue weighted by atomic mass is 19.4. The van der Waals surface area contributed by atoms with Crippen LogP contribution in [0.5, 0.6) is 0 Å². The normalized spacial score (nSPS) is 15.3. The SMILES string of the molecule is CCOC(OCC)c1ccc(F)cc1C(c1ccccc1)(c1ccccc1C(F)(F)F)N1C=CC=CC1. The summed E-state index contributed by atoms with van der Waals surface area (Å²) >= 11 is 0. The number of allylic oxidation sites excluding steroid dienone is 2. The Kier molecular flexibility index (Phi) is 8.15. The fourth-order valence-corrected chi connectivity index (χ4v) is 4.95. The summed E-state index contributed by atoms with van der Waals surface area (Å²) in [6, 6.07) is 18.5. The maximum Gasteiger partial charge on any atom is 0.416 e. The Balaban J connectivity index is 2.19. The first-order chi connectivity index (χ1) is 17.8. The highest BCUT2D eigenvalue weighted by molar-refractivity contribution is 5.56. The maximum absolute atomic E-state index is 15.1. The van der Waals surface area contributed by atoms with E-state index >= 15 is 4.39 Å². The van der Waals surface area contributed by atoms with Crippen LogP contribution in [-0.2, 0) is 21.2 Å². The zero-order chi connectivity index (χ0) is 26.5. The first-order valence-corrected chi connectivity index (χ1v) is 12.2. The molecule has 0 fully saturated rings. The molecule has 1 unspecified atom stereocenters. The molecule has 7 heteroatoms. The zero-order valence-corrected chi connectivity index (χ0v) is 20.7. The molecule has 3 aromatic rings. The molecular weight excluding hydrogens is 482 g/mol. The monoisotopic (exact) mass is 511 g/mol. The van der Waals surface area contributed by atoms with Crippen LogP contribution in [0.25, 0.3) is 0 Å². The average molecular weight is 512 g/mol. The number of hydrogen-bond acceptors (Lipinski definition) is 3. The number of halogens is 4. The van der Waals surface area contributed by atoms with Gasteiger partial charge in [0.05, 0.1) is 5.56 Å². The molecule has 194 valence electrons. The standard InChI is InChI=1S/C30H29F4NO2/c1-3-36-28(37-4-2)24-18-17-23(31)21-27(24)29(22-13-7-5-8-14-22,35-19-11-6-12-20-35)25-15-9-10-16-26(25)30(32,33)34/h5-19,21,28H,3-4,20H2,1-2H3. The highest BCUT2D eigenvalue weighted by Gasteiger charge is 2.48. The Morgan fingerprint density at radius 2 is 1.46 bits per heavy atom. The van der Waals surface area contributed by atoms with Crippen molar-refractivity contribution in [3.8, 4) is 0 Å². The van der Waals surface area contributed by atoms with Gasteiger partial charge in [-0.15, -0.1) is 0 Å². The minimum Gasteiger partial charge on any atom is -0.356 e. The highest BCUT2D eigenvalue weighted by Crippen LogP contribution is 2.50. The maximum atomic E-state index is 15.1. The summed E-state index contributed by atoms with van der Waals surface area (Å²) in [6.45, 7) is 4.49. The van der Waals surface area contributed by atoms with E-state index < -0.39 is 29.4 Å². The van der Waals surface area contributed by atoms with Gasteiger partial charge in [-0.1, -0.05) is 66.7 Å². The van der Waals surface area contributed by atoms with Crippen LogP contribution in [0.2, 0.25) is 0 Å². The van der Waals surface area contributed by atoms with Gasteiger partial charge in [-0.3, -0.25) is 0 Å². The quantitative estimate of drug-likeness (QED) is 0.168. The van der Waals surface area contributed by atoms with Gasteiger partial charge < -0.3 is 14.4 Å². The van der Waals surface area contributed by atoms with Gasteiger partial charge in [0, 0.05) is 31.5 Å². The summed E-state index contributed by atoms with van der Waals surface area (Å²) in [5.74, 6) is -0.577. The van der Waals surface area contributed by atoms with Crippen molar-refractivity contribution in [3.05, 3.63) is 131 Å². The van der Waals surface area contributed by atoms with Crippen LogP contribution < -0.4 is 0 Å². The van der Waals surface area contributed by atoms with Gasteiger partial charge >= 0.3 is 6.18 Å². The van der Waals surface area contributed by atoms with E-state index in [1.165, 1.54) is 30.3 Å². The van der Waals surface area contributed by atoms with Crippen molar-refractivity contribution in [3.63, 3.8) is 0 Å². The van der Waals surface area contributed by atoms with Gasteiger partial charge in [0.25, 0.3) is 0 Å². The molecule has 0 N–H and O–H groups in total. The number of nitrogens with zero attached hydrogens (tertiary/aromatic N) is 1. The second kappa shape index (κ2) is 11.3. The van der Waals surface area contributed by atoms with Crippen molar-refractivity contribution in [2.45, 2.75) is 31.9 Å². The average Bonchev–Trinajstić information content (AvgIpc) is 2.90. The Morgan fingerprint density at radius 1 is 0.811 bits per heavy atom. The first-order valence-electron chi connectivity index (χ1n) is 12.2. The van der Waals surface area contributed by atoms with Crippen LogP contribution in [0.3, 0.4) is 0 Å². The predicted molar refractivity (Wildman–Crippen MR) is 135 cm³/mol. The molecule has 0 saturated carbocycles. The molecule has 1 heterocycles. The Hall–Kier alpha value is -3.42. The van der Waals surface area contributed by atoms with Crippen LogP contribution in [0, 0.1) is 5.82 Å². The Labute approximate surface area is 214 Å². The Bertz CT molecular complexity index is 1250. The van der Waals surface area contributed by atoms with Crippen molar-refractivity contribution in [2.24, 2.45) is 0 Å². The number of rotatable bonds is 9. The molecule has 3 aromatic carbocycles. The second-order valence-corrected chi connectivity index (χ2v) is 8.52. The number of hydrogen-bond donors (Lipinski definition) is 0. The molecule has 0 amide bonds. The third kappa shape index (κ3) is 5.20. The van der Waals surface area contributed by atoms with Crippen molar-refractivity contribution in [1.29, 1.82) is 0 Å². The number of ether oxygens (including phenoxy) is 2. The number of benzene rings is 3. The molecule has 37 heavy (non-hydrogen) atoms. The lowest BCUT2D eigenvalue weighted by Crippen LogP contribution is -2.48. The fraction of sp³-hybridized carbons (Fsp3) is 0.267. The molecule has 0 radical (unpaired) electrons. The van der Waals surface area contributed by atoms with Gasteiger partial charge in [0.15, 0.2) is 6.29 Å². The van der Waals surface area contributed by atoms with Crippen LogP contribution in [0.1, 0.15) is 48.0 Å². The third-order valence-electron chi connectivity index (χ3n) is 6.36. The van der Waals surface area contributed by atoms with E-state index in [1.54, 1.807) is 67.4 Å². The minimum atomic E-state index is -4.65. The van der Waals surface area contributed by atoms with Crippen molar-refractivity contribution >= 4 is 0 Å². The van der Waals surface area contributed by atoms with Gasteiger partial charge in [-0.25, -0.2) is 4.39 Å². The lowest BCUT2D eigenvalue weighted by molar-refractivity contribution is -0.141. The molecule has 0 aliphatic carbocycles. The van der Waals surface area contributed by atoms with Gasteiger partial charge in [-0.05, 0) is 54.8 Å². The lowest BCUT2D eigenvalue weighted by Gasteiger charge is -2.47. The van der Waals surface area contributed by atoms with E-state index in [4.69, 9.17) is 9.47 Å². The molecule has 0 bridgehead atoms. The molecule has 1 aliphatic rings. The smallest absolute Gasteiger partial charge is 0.356 e. The van der Waals surface area contributed by atoms with E-state index in [0.29, 0.717) is 36.4 Å². The topological polar surface area (TPSA) is 21.7 Å². The molecule has 4 rings (SSSR count). The predicted octanol–water partition coefficient (Wildman–Crippen LogP) is 7.59. The van der Waals surface area contributed by atoms with Gasteiger partial charge in [-0.2, -0.15) is 13.2 Å². The van der Waals surface area contributed by atoms with Crippen molar-refractivity contribution in [1.82, 2.24) is 4.90 Å². The summed E-state index contributed by atoms with van der Waals surface area (Å²) in [4.78, 5) is 1.81.